The fraction of sp³-hybridized carbons (Fsp3) is 0.348. The predicted octanol–water partition coefficient (Wildman–Crippen LogP) is 2.79. The van der Waals surface area contributed by atoms with Crippen LogP contribution >= 0.6 is 0 Å². The highest BCUT2D eigenvalue weighted by Crippen LogP contribution is 2.33. The second-order valence-electron chi connectivity index (χ2n) is 8.05. The van der Waals surface area contributed by atoms with Crippen molar-refractivity contribution < 1.29 is 9.59 Å². The number of hydrogen-bond acceptors (Lipinski definition) is 3. The number of aryl methyl sites for hydroxylation is 1. The van der Waals surface area contributed by atoms with Crippen LogP contribution in [0.15, 0.2) is 54.6 Å². The Morgan fingerprint density at radius 1 is 1.10 bits per heavy atom. The highest BCUT2D eigenvalue weighted by molar-refractivity contribution is 5.90. The minimum atomic E-state index is -0.369. The monoisotopic (exact) mass is 388 g/mol. The Labute approximate surface area is 169 Å². The van der Waals surface area contributed by atoms with Crippen LogP contribution in [0.25, 0.3) is 11.0 Å². The first-order chi connectivity index (χ1) is 14.1. The van der Waals surface area contributed by atoms with E-state index in [1.165, 1.54) is 0 Å². The number of amides is 2. The third kappa shape index (κ3) is 3.28. The molecule has 0 radical (unpaired) electrons. The van der Waals surface area contributed by atoms with Crippen molar-refractivity contribution in [2.45, 2.75) is 31.3 Å². The van der Waals surface area contributed by atoms with E-state index in [9.17, 15) is 9.59 Å². The van der Waals surface area contributed by atoms with Crippen molar-refractivity contribution in [3.63, 3.8) is 0 Å². The van der Waals surface area contributed by atoms with E-state index in [1.807, 2.05) is 71.1 Å². The van der Waals surface area contributed by atoms with Crippen molar-refractivity contribution in [2.75, 3.05) is 6.54 Å². The number of imidazole rings is 1. The Bertz CT molecular complexity index is 1070. The first-order valence-electron chi connectivity index (χ1n) is 10.2. The Morgan fingerprint density at radius 2 is 1.83 bits per heavy atom. The molecule has 2 aromatic carbocycles. The molecule has 1 N–H and O–H groups in total. The zero-order valence-corrected chi connectivity index (χ0v) is 16.4. The van der Waals surface area contributed by atoms with Crippen molar-refractivity contribution in [3.8, 4) is 0 Å². The van der Waals surface area contributed by atoms with Gasteiger partial charge in [0.1, 0.15) is 11.9 Å². The van der Waals surface area contributed by atoms with Gasteiger partial charge in [-0.05, 0) is 30.5 Å². The van der Waals surface area contributed by atoms with Crippen LogP contribution in [0.2, 0.25) is 0 Å². The summed E-state index contributed by atoms with van der Waals surface area (Å²) in [6.07, 6.45) is 2.42. The topological polar surface area (TPSA) is 67.2 Å². The molecule has 2 amide bonds. The summed E-state index contributed by atoms with van der Waals surface area (Å²) in [5, 5.41) is 3.19. The number of fused-ring (bicyclic) bond motifs is 1. The SMILES string of the molecule is Cn1c(C(NC(=O)C2CC(=O)N(C3CC3)C2)c2ccccc2)nc2ccccc21. The summed E-state index contributed by atoms with van der Waals surface area (Å²) >= 11 is 0. The first kappa shape index (κ1) is 17.9. The van der Waals surface area contributed by atoms with E-state index in [4.69, 9.17) is 4.98 Å². The second-order valence-corrected chi connectivity index (χ2v) is 8.05. The number of nitrogens with zero attached hydrogens (tertiary/aromatic N) is 3. The molecule has 0 spiro atoms. The maximum absolute atomic E-state index is 13.1. The molecule has 2 aliphatic rings. The highest BCUT2D eigenvalue weighted by Gasteiger charge is 2.42. The molecule has 2 fully saturated rings. The molecule has 2 heterocycles. The van der Waals surface area contributed by atoms with Gasteiger partial charge >= 0.3 is 0 Å². The standard InChI is InChI=1S/C23H24N4O2/c1-26-19-10-6-5-9-18(19)24-22(26)21(15-7-3-2-4-8-15)25-23(29)16-13-20(28)27(14-16)17-11-12-17/h2-10,16-17,21H,11-14H2,1H3,(H,25,29). The van der Waals surface area contributed by atoms with E-state index in [0.29, 0.717) is 19.0 Å². The van der Waals surface area contributed by atoms with Crippen LogP contribution in [0.5, 0.6) is 0 Å². The van der Waals surface area contributed by atoms with Crippen molar-refractivity contribution in [1.29, 1.82) is 0 Å². The number of rotatable bonds is 5. The zero-order chi connectivity index (χ0) is 20.0. The van der Waals surface area contributed by atoms with E-state index in [2.05, 4.69) is 5.32 Å². The summed E-state index contributed by atoms with van der Waals surface area (Å²) in [5.41, 5.74) is 2.90. The average Bonchev–Trinajstić information content (AvgIpc) is 3.44. The van der Waals surface area contributed by atoms with E-state index >= 15 is 0 Å². The van der Waals surface area contributed by atoms with Crippen LogP contribution in [0.1, 0.15) is 36.7 Å². The maximum atomic E-state index is 13.1. The van der Waals surface area contributed by atoms with Crippen LogP contribution in [-0.2, 0) is 16.6 Å². The lowest BCUT2D eigenvalue weighted by atomic mass is 10.0. The number of aromatic nitrogens is 2. The average molecular weight is 388 g/mol. The van der Waals surface area contributed by atoms with Crippen LogP contribution in [-0.4, -0.2) is 38.9 Å². The fourth-order valence-electron chi connectivity index (χ4n) is 4.27. The fourth-order valence-corrected chi connectivity index (χ4v) is 4.27. The summed E-state index contributed by atoms with van der Waals surface area (Å²) in [6, 6.07) is 17.8. The Morgan fingerprint density at radius 3 is 2.55 bits per heavy atom. The first-order valence-corrected chi connectivity index (χ1v) is 10.2. The lowest BCUT2D eigenvalue weighted by Gasteiger charge is -2.21. The molecule has 1 saturated carbocycles. The molecule has 6 heteroatoms. The number of para-hydroxylation sites is 2. The minimum Gasteiger partial charge on any atom is -0.342 e. The van der Waals surface area contributed by atoms with Crippen molar-refractivity contribution in [3.05, 3.63) is 66.0 Å². The van der Waals surface area contributed by atoms with Gasteiger partial charge in [0.25, 0.3) is 0 Å². The number of likely N-dealkylation sites (tertiary alicyclic amines) is 1. The van der Waals surface area contributed by atoms with Gasteiger partial charge < -0.3 is 14.8 Å². The number of carbonyl (C=O) groups excluding carboxylic acids is 2. The Kier molecular flexibility index (Phi) is 4.34. The maximum Gasteiger partial charge on any atom is 0.226 e. The summed E-state index contributed by atoms with van der Waals surface area (Å²) in [4.78, 5) is 32.1. The predicted molar refractivity (Wildman–Crippen MR) is 110 cm³/mol. The largest absolute Gasteiger partial charge is 0.342 e. The number of nitrogens with one attached hydrogen (secondary N) is 1. The number of hydrogen-bond donors (Lipinski definition) is 1. The summed E-state index contributed by atoms with van der Waals surface area (Å²) in [7, 11) is 1.97. The van der Waals surface area contributed by atoms with Crippen LogP contribution in [0.4, 0.5) is 0 Å². The summed E-state index contributed by atoms with van der Waals surface area (Å²) in [5.74, 6) is 0.507. The van der Waals surface area contributed by atoms with E-state index in [1.54, 1.807) is 0 Å². The smallest absolute Gasteiger partial charge is 0.226 e. The lowest BCUT2D eigenvalue weighted by molar-refractivity contribution is -0.129. The lowest BCUT2D eigenvalue weighted by Crippen LogP contribution is -2.37. The molecule has 1 aliphatic carbocycles. The van der Waals surface area contributed by atoms with E-state index in [-0.39, 0.29) is 23.8 Å². The van der Waals surface area contributed by atoms with Crippen LogP contribution in [0.3, 0.4) is 0 Å². The summed E-state index contributed by atoms with van der Waals surface area (Å²) in [6.45, 7) is 0.527. The zero-order valence-electron chi connectivity index (χ0n) is 16.4. The van der Waals surface area contributed by atoms with E-state index < -0.39 is 0 Å². The van der Waals surface area contributed by atoms with Crippen molar-refractivity contribution in [2.24, 2.45) is 13.0 Å². The molecule has 0 bridgehead atoms. The van der Waals surface area contributed by atoms with Gasteiger partial charge in [-0.25, -0.2) is 4.98 Å². The molecule has 6 nitrogen and oxygen atoms in total. The molecular weight excluding hydrogens is 364 g/mol. The Balaban J connectivity index is 1.46. The van der Waals surface area contributed by atoms with Gasteiger partial charge in [-0.1, -0.05) is 42.5 Å². The molecular formula is C23H24N4O2. The molecule has 1 aromatic heterocycles. The van der Waals surface area contributed by atoms with Gasteiger partial charge in [-0.3, -0.25) is 9.59 Å². The van der Waals surface area contributed by atoms with Gasteiger partial charge in [0.05, 0.1) is 17.0 Å². The quantitative estimate of drug-likeness (QED) is 0.731. The summed E-state index contributed by atoms with van der Waals surface area (Å²) < 4.78 is 2.03. The third-order valence-corrected chi connectivity index (χ3v) is 6.02. The number of benzene rings is 2. The minimum absolute atomic E-state index is 0.0811. The van der Waals surface area contributed by atoms with Gasteiger partial charge in [-0.15, -0.1) is 0 Å². The van der Waals surface area contributed by atoms with Gasteiger partial charge in [0, 0.05) is 26.1 Å². The molecule has 5 rings (SSSR count). The van der Waals surface area contributed by atoms with Crippen molar-refractivity contribution in [1.82, 2.24) is 19.8 Å². The van der Waals surface area contributed by atoms with Crippen molar-refractivity contribution >= 4 is 22.8 Å². The normalized spacial score (nSPS) is 20.2. The Hall–Kier alpha value is -3.15. The third-order valence-electron chi connectivity index (χ3n) is 6.02. The highest BCUT2D eigenvalue weighted by atomic mass is 16.2. The molecule has 29 heavy (non-hydrogen) atoms. The van der Waals surface area contributed by atoms with E-state index in [0.717, 1.165) is 35.3 Å². The molecule has 3 aromatic rings. The van der Waals surface area contributed by atoms with Gasteiger partial charge in [0.2, 0.25) is 11.8 Å². The molecule has 148 valence electrons. The molecule has 1 saturated heterocycles. The van der Waals surface area contributed by atoms with Gasteiger partial charge in [0.15, 0.2) is 0 Å². The number of carbonyl (C=O) groups is 2. The van der Waals surface area contributed by atoms with Crippen LogP contribution in [0, 0.1) is 5.92 Å². The van der Waals surface area contributed by atoms with Crippen LogP contribution < -0.4 is 5.32 Å². The van der Waals surface area contributed by atoms with Gasteiger partial charge in [-0.2, -0.15) is 0 Å². The molecule has 2 atom stereocenters. The second kappa shape index (κ2) is 7.03. The molecule has 1 aliphatic heterocycles. The molecule has 2 unspecified atom stereocenters.